The highest BCUT2D eigenvalue weighted by Gasteiger charge is 2.16. The number of aromatic nitrogens is 3. The molecule has 0 bridgehead atoms. The van der Waals surface area contributed by atoms with Crippen LogP contribution in [0.15, 0.2) is 54.7 Å². The number of halogens is 1. The second kappa shape index (κ2) is 9.73. The molecule has 0 aliphatic heterocycles. The van der Waals surface area contributed by atoms with Crippen LogP contribution >= 0.6 is 11.6 Å². The zero-order valence-electron chi connectivity index (χ0n) is 18.6. The van der Waals surface area contributed by atoms with E-state index in [4.69, 9.17) is 11.6 Å². The Hall–Kier alpha value is -4.22. The number of anilines is 2. The molecule has 0 unspecified atom stereocenters. The average molecular weight is 473 g/mol. The van der Waals surface area contributed by atoms with Crippen LogP contribution in [-0.4, -0.2) is 26.4 Å². The number of para-hydroxylation sites is 2. The molecule has 2 N–H and O–H groups in total. The summed E-state index contributed by atoms with van der Waals surface area (Å²) in [7, 11) is 0. The number of nitrogens with one attached hydrogen (secondary N) is 2. The van der Waals surface area contributed by atoms with Crippen molar-refractivity contribution in [2.24, 2.45) is 0 Å². The van der Waals surface area contributed by atoms with E-state index in [2.05, 4.69) is 26.8 Å². The second-order valence-corrected chi connectivity index (χ2v) is 8.16. The fourth-order valence-corrected chi connectivity index (χ4v) is 3.83. The Morgan fingerprint density at radius 2 is 1.74 bits per heavy atom. The molecule has 2 aromatic carbocycles. The number of nitrogens with zero attached hydrogens (tertiary/aromatic N) is 4. The van der Waals surface area contributed by atoms with Crippen molar-refractivity contribution in [2.45, 2.75) is 26.7 Å². The number of nitriles is 1. The van der Waals surface area contributed by atoms with Crippen molar-refractivity contribution in [3.8, 4) is 6.07 Å². The minimum atomic E-state index is -0.306. The van der Waals surface area contributed by atoms with Crippen LogP contribution < -0.4 is 10.6 Å². The predicted molar refractivity (Wildman–Crippen MR) is 130 cm³/mol. The number of hydrogen-bond donors (Lipinski definition) is 2. The summed E-state index contributed by atoms with van der Waals surface area (Å²) in [6.07, 6.45) is 2.15. The van der Waals surface area contributed by atoms with Gasteiger partial charge in [0.05, 0.1) is 17.6 Å². The van der Waals surface area contributed by atoms with Crippen molar-refractivity contribution in [1.82, 2.24) is 14.6 Å². The minimum Gasteiger partial charge on any atom is -0.324 e. The number of hydrogen-bond acceptors (Lipinski definition) is 5. The van der Waals surface area contributed by atoms with E-state index in [9.17, 15) is 14.9 Å². The number of carbonyl (C=O) groups is 2. The quantitative estimate of drug-likeness (QED) is 0.422. The van der Waals surface area contributed by atoms with Gasteiger partial charge >= 0.3 is 0 Å². The molecule has 2 heterocycles. The number of benzene rings is 2. The first kappa shape index (κ1) is 23.0. The van der Waals surface area contributed by atoms with Crippen LogP contribution in [0.1, 0.15) is 39.3 Å². The Labute approximate surface area is 201 Å². The molecule has 34 heavy (non-hydrogen) atoms. The highest BCUT2D eigenvalue weighted by atomic mass is 35.5. The topological polar surface area (TPSA) is 112 Å². The number of amides is 2. The second-order valence-electron chi connectivity index (χ2n) is 7.72. The SMILES string of the molecule is Cc1nc2c(C#N)cnn2c(C)c1CCC(=O)Nc1ccccc1NC(=O)c1ccc(Cl)cc1. The molecule has 2 aromatic heterocycles. The van der Waals surface area contributed by atoms with E-state index in [-0.39, 0.29) is 18.2 Å². The summed E-state index contributed by atoms with van der Waals surface area (Å²) in [6.45, 7) is 3.75. The van der Waals surface area contributed by atoms with Crippen LogP contribution in [0.5, 0.6) is 0 Å². The summed E-state index contributed by atoms with van der Waals surface area (Å²) in [5.74, 6) is -0.509. The van der Waals surface area contributed by atoms with Gasteiger partial charge in [0.15, 0.2) is 5.65 Å². The fraction of sp³-hybridized carbons (Fsp3) is 0.160. The first-order valence-electron chi connectivity index (χ1n) is 10.6. The normalized spacial score (nSPS) is 10.6. The monoisotopic (exact) mass is 472 g/mol. The summed E-state index contributed by atoms with van der Waals surface area (Å²) in [5, 5.41) is 19.7. The third-order valence-corrected chi connectivity index (χ3v) is 5.74. The first-order chi connectivity index (χ1) is 16.4. The maximum atomic E-state index is 12.7. The van der Waals surface area contributed by atoms with Gasteiger partial charge in [0.25, 0.3) is 5.91 Å². The average Bonchev–Trinajstić information content (AvgIpc) is 3.23. The lowest BCUT2D eigenvalue weighted by atomic mass is 10.1. The largest absolute Gasteiger partial charge is 0.324 e. The predicted octanol–water partition coefficient (Wildman–Crippen LogP) is 4.69. The third-order valence-electron chi connectivity index (χ3n) is 5.49. The van der Waals surface area contributed by atoms with Gasteiger partial charge in [0.1, 0.15) is 11.6 Å². The Kier molecular flexibility index (Phi) is 6.57. The van der Waals surface area contributed by atoms with Gasteiger partial charge in [-0.15, -0.1) is 0 Å². The molecular formula is C25H21ClN6O2. The van der Waals surface area contributed by atoms with Crippen LogP contribution in [0.25, 0.3) is 5.65 Å². The minimum absolute atomic E-state index is 0.203. The van der Waals surface area contributed by atoms with Crippen molar-refractivity contribution in [1.29, 1.82) is 5.26 Å². The molecule has 2 amide bonds. The number of fused-ring (bicyclic) bond motifs is 1. The summed E-state index contributed by atoms with van der Waals surface area (Å²) in [5.41, 5.74) is 4.87. The summed E-state index contributed by atoms with van der Waals surface area (Å²) in [4.78, 5) is 29.8. The fourth-order valence-electron chi connectivity index (χ4n) is 3.70. The Morgan fingerprint density at radius 1 is 1.06 bits per heavy atom. The van der Waals surface area contributed by atoms with E-state index in [0.717, 1.165) is 17.0 Å². The maximum Gasteiger partial charge on any atom is 0.255 e. The van der Waals surface area contributed by atoms with E-state index in [1.54, 1.807) is 53.0 Å². The lowest BCUT2D eigenvalue weighted by Gasteiger charge is -2.14. The molecule has 170 valence electrons. The van der Waals surface area contributed by atoms with E-state index in [1.165, 1.54) is 6.20 Å². The molecule has 0 radical (unpaired) electrons. The van der Waals surface area contributed by atoms with Gasteiger partial charge in [-0.25, -0.2) is 9.50 Å². The van der Waals surface area contributed by atoms with Crippen molar-refractivity contribution in [3.63, 3.8) is 0 Å². The van der Waals surface area contributed by atoms with Crippen molar-refractivity contribution in [3.05, 3.63) is 87.8 Å². The van der Waals surface area contributed by atoms with Gasteiger partial charge in [-0.2, -0.15) is 10.4 Å². The van der Waals surface area contributed by atoms with E-state index in [0.29, 0.717) is 39.6 Å². The summed E-state index contributed by atoms with van der Waals surface area (Å²) < 4.78 is 1.63. The van der Waals surface area contributed by atoms with Crippen LogP contribution in [0, 0.1) is 25.2 Å². The molecule has 4 aromatic rings. The molecule has 0 saturated carbocycles. The van der Waals surface area contributed by atoms with Gasteiger partial charge in [-0.05, 0) is 62.2 Å². The Morgan fingerprint density at radius 3 is 2.41 bits per heavy atom. The van der Waals surface area contributed by atoms with E-state index in [1.807, 2.05) is 13.8 Å². The molecule has 0 spiro atoms. The van der Waals surface area contributed by atoms with Crippen LogP contribution in [0.3, 0.4) is 0 Å². The van der Waals surface area contributed by atoms with Gasteiger partial charge in [-0.3, -0.25) is 9.59 Å². The highest BCUT2D eigenvalue weighted by molar-refractivity contribution is 6.30. The van der Waals surface area contributed by atoms with Crippen molar-refractivity contribution < 1.29 is 9.59 Å². The molecule has 0 fully saturated rings. The van der Waals surface area contributed by atoms with E-state index < -0.39 is 0 Å². The molecule has 8 nitrogen and oxygen atoms in total. The molecule has 0 atom stereocenters. The third kappa shape index (κ3) is 4.75. The first-order valence-corrected chi connectivity index (χ1v) is 10.9. The van der Waals surface area contributed by atoms with Crippen LogP contribution in [0.4, 0.5) is 11.4 Å². The summed E-state index contributed by atoms with van der Waals surface area (Å²) >= 11 is 5.89. The smallest absolute Gasteiger partial charge is 0.255 e. The molecule has 0 aliphatic carbocycles. The number of aryl methyl sites for hydroxylation is 2. The van der Waals surface area contributed by atoms with Crippen LogP contribution in [-0.2, 0) is 11.2 Å². The van der Waals surface area contributed by atoms with Gasteiger partial charge < -0.3 is 10.6 Å². The zero-order chi connectivity index (χ0) is 24.2. The standard InChI is InChI=1S/C25H21ClN6O2/c1-15-20(16(2)32-24(29-15)18(13-27)14-28-32)11-12-23(33)30-21-5-3-4-6-22(21)31-25(34)17-7-9-19(26)10-8-17/h3-10,14H,11-12H2,1-2H3,(H,30,33)(H,31,34). The van der Waals surface area contributed by atoms with Gasteiger partial charge in [0.2, 0.25) is 5.91 Å². The zero-order valence-corrected chi connectivity index (χ0v) is 19.3. The molecule has 4 rings (SSSR count). The van der Waals surface area contributed by atoms with E-state index >= 15 is 0 Å². The highest BCUT2D eigenvalue weighted by Crippen LogP contribution is 2.23. The Balaban J connectivity index is 1.46. The number of rotatable bonds is 6. The molecule has 9 heteroatoms. The van der Waals surface area contributed by atoms with Gasteiger partial charge in [-0.1, -0.05) is 23.7 Å². The Bertz CT molecular complexity index is 1440. The maximum absolute atomic E-state index is 12.7. The lowest BCUT2D eigenvalue weighted by Crippen LogP contribution is -2.17. The molecule has 0 aliphatic rings. The van der Waals surface area contributed by atoms with Crippen molar-refractivity contribution in [2.75, 3.05) is 10.6 Å². The number of carbonyl (C=O) groups excluding carboxylic acids is 2. The molecule has 0 saturated heterocycles. The summed E-state index contributed by atoms with van der Waals surface area (Å²) in [6, 6.07) is 15.7. The van der Waals surface area contributed by atoms with Crippen LogP contribution in [0.2, 0.25) is 5.02 Å². The lowest BCUT2D eigenvalue weighted by molar-refractivity contribution is -0.116. The molecular weight excluding hydrogens is 452 g/mol. The van der Waals surface area contributed by atoms with Gasteiger partial charge in [0, 0.05) is 28.4 Å². The van der Waals surface area contributed by atoms with Crippen molar-refractivity contribution >= 4 is 40.4 Å².